The van der Waals surface area contributed by atoms with Crippen LogP contribution >= 0.6 is 43.2 Å². The van der Waals surface area contributed by atoms with Gasteiger partial charge in [0.1, 0.15) is 5.82 Å². The second kappa shape index (κ2) is 6.26. The highest BCUT2D eigenvalue weighted by Crippen LogP contribution is 2.35. The van der Waals surface area contributed by atoms with Gasteiger partial charge in [0, 0.05) is 27.1 Å². The van der Waals surface area contributed by atoms with Gasteiger partial charge < -0.3 is 0 Å². The second-order valence-electron chi connectivity index (χ2n) is 4.17. The maximum absolute atomic E-state index is 14.0. The van der Waals surface area contributed by atoms with E-state index in [0.29, 0.717) is 10.7 Å². The molecule has 18 heavy (non-hydrogen) atoms. The zero-order valence-corrected chi connectivity index (χ0v) is 13.6. The van der Waals surface area contributed by atoms with E-state index in [-0.39, 0.29) is 11.2 Å². The van der Waals surface area contributed by atoms with Gasteiger partial charge in [0.25, 0.3) is 0 Å². The van der Waals surface area contributed by atoms with E-state index in [1.165, 1.54) is 6.07 Å². The molecule has 2 rings (SSSR count). The number of benzene rings is 1. The van der Waals surface area contributed by atoms with Crippen molar-refractivity contribution in [1.82, 2.24) is 4.98 Å². The Morgan fingerprint density at radius 1 is 1.22 bits per heavy atom. The van der Waals surface area contributed by atoms with Gasteiger partial charge in [-0.15, -0.1) is 11.3 Å². The minimum atomic E-state index is -0.280. The Balaban J connectivity index is 2.40. The summed E-state index contributed by atoms with van der Waals surface area (Å²) in [6.45, 7) is 0. The molecule has 0 radical (unpaired) electrons. The first kappa shape index (κ1) is 14.2. The lowest BCUT2D eigenvalue weighted by atomic mass is 9.81. The normalized spacial score (nSPS) is 11.7. The maximum Gasteiger partial charge on any atom is 0.127 e. The molecule has 0 unspecified atom stereocenters. The largest absolute Gasteiger partial charge is 0.253 e. The number of halogens is 3. The van der Waals surface area contributed by atoms with Crippen molar-refractivity contribution in [1.29, 1.82) is 0 Å². The standard InChI is InChI=1S/C13H12Br2FNS/c14-7-13(8-15,5-10-6-17-9-18-10)11-3-1-2-4-12(11)16/h1-4,6,9H,5,7-8H2. The molecular formula is C13H12Br2FNS. The molecule has 5 heteroatoms. The number of aromatic nitrogens is 1. The van der Waals surface area contributed by atoms with Crippen molar-refractivity contribution < 1.29 is 4.39 Å². The van der Waals surface area contributed by atoms with Gasteiger partial charge in [-0.1, -0.05) is 50.1 Å². The van der Waals surface area contributed by atoms with E-state index >= 15 is 0 Å². The van der Waals surface area contributed by atoms with E-state index in [4.69, 9.17) is 0 Å². The topological polar surface area (TPSA) is 12.9 Å². The number of thiazole rings is 1. The molecule has 0 spiro atoms. The third-order valence-electron chi connectivity index (χ3n) is 2.95. The molecule has 96 valence electrons. The fourth-order valence-electron chi connectivity index (χ4n) is 1.92. The highest BCUT2D eigenvalue weighted by molar-refractivity contribution is 9.09. The zero-order valence-electron chi connectivity index (χ0n) is 9.57. The van der Waals surface area contributed by atoms with Crippen molar-refractivity contribution in [3.05, 3.63) is 52.2 Å². The molecule has 1 heterocycles. The smallest absolute Gasteiger partial charge is 0.127 e. The van der Waals surface area contributed by atoms with Gasteiger partial charge in [0.15, 0.2) is 0 Å². The highest BCUT2D eigenvalue weighted by atomic mass is 79.9. The molecule has 0 aliphatic rings. The fraction of sp³-hybridized carbons (Fsp3) is 0.308. The Kier molecular flexibility index (Phi) is 4.92. The van der Waals surface area contributed by atoms with E-state index in [1.807, 2.05) is 23.8 Å². The first-order valence-corrected chi connectivity index (χ1v) is 8.58. The molecule has 1 aromatic carbocycles. The summed E-state index contributed by atoms with van der Waals surface area (Å²) >= 11 is 8.68. The van der Waals surface area contributed by atoms with E-state index in [2.05, 4.69) is 36.8 Å². The molecule has 1 nitrogen and oxygen atoms in total. The van der Waals surface area contributed by atoms with Crippen LogP contribution in [0.25, 0.3) is 0 Å². The van der Waals surface area contributed by atoms with E-state index in [9.17, 15) is 4.39 Å². The van der Waals surface area contributed by atoms with Crippen LogP contribution in [0.5, 0.6) is 0 Å². The lowest BCUT2D eigenvalue weighted by Crippen LogP contribution is -2.33. The quantitative estimate of drug-likeness (QED) is 0.680. The van der Waals surface area contributed by atoms with Crippen LogP contribution in [0.3, 0.4) is 0 Å². The predicted molar refractivity (Wildman–Crippen MR) is 81.5 cm³/mol. The first-order chi connectivity index (χ1) is 8.72. The van der Waals surface area contributed by atoms with Gasteiger partial charge in [-0.3, -0.25) is 4.98 Å². The summed E-state index contributed by atoms with van der Waals surface area (Å²) in [7, 11) is 0. The van der Waals surface area contributed by atoms with E-state index in [1.54, 1.807) is 17.4 Å². The summed E-state index contributed by atoms with van der Waals surface area (Å²) in [6.07, 6.45) is 2.63. The molecule has 0 bridgehead atoms. The van der Waals surface area contributed by atoms with Crippen LogP contribution in [0.1, 0.15) is 10.4 Å². The third-order valence-corrected chi connectivity index (χ3v) is 5.88. The Bertz CT molecular complexity index is 497. The van der Waals surface area contributed by atoms with Gasteiger partial charge in [0.2, 0.25) is 0 Å². The van der Waals surface area contributed by atoms with E-state index in [0.717, 1.165) is 16.9 Å². The molecule has 0 aliphatic heterocycles. The van der Waals surface area contributed by atoms with Gasteiger partial charge in [-0.05, 0) is 18.1 Å². The van der Waals surface area contributed by atoms with Gasteiger partial charge in [0.05, 0.1) is 5.51 Å². The Morgan fingerprint density at radius 2 is 1.94 bits per heavy atom. The van der Waals surface area contributed by atoms with Crippen molar-refractivity contribution in [3.63, 3.8) is 0 Å². The van der Waals surface area contributed by atoms with Crippen LogP contribution < -0.4 is 0 Å². The minimum absolute atomic E-state index is 0.152. The average Bonchev–Trinajstić information content (AvgIpc) is 2.90. The molecular weight excluding hydrogens is 381 g/mol. The summed E-state index contributed by atoms with van der Waals surface area (Å²) in [6, 6.07) is 6.98. The summed E-state index contributed by atoms with van der Waals surface area (Å²) < 4.78 is 14.0. The van der Waals surface area contributed by atoms with Crippen molar-refractivity contribution >= 4 is 43.2 Å². The van der Waals surface area contributed by atoms with Crippen LogP contribution in [0.2, 0.25) is 0 Å². The lowest BCUT2D eigenvalue weighted by molar-refractivity contribution is 0.503. The summed E-state index contributed by atoms with van der Waals surface area (Å²) in [4.78, 5) is 5.25. The Labute approximate surface area is 127 Å². The molecule has 0 atom stereocenters. The Hall–Kier alpha value is -0.260. The van der Waals surface area contributed by atoms with Crippen molar-refractivity contribution in [2.24, 2.45) is 0 Å². The predicted octanol–water partition coefficient (Wildman–Crippen LogP) is 4.55. The highest BCUT2D eigenvalue weighted by Gasteiger charge is 2.33. The molecule has 0 saturated carbocycles. The number of hydrogen-bond donors (Lipinski definition) is 0. The summed E-state index contributed by atoms with van der Waals surface area (Å²) in [5.74, 6) is -0.152. The number of rotatable bonds is 5. The monoisotopic (exact) mass is 391 g/mol. The molecule has 0 saturated heterocycles. The van der Waals surface area contributed by atoms with Gasteiger partial charge in [-0.2, -0.15) is 0 Å². The van der Waals surface area contributed by atoms with Crippen molar-refractivity contribution in [2.75, 3.05) is 10.7 Å². The van der Waals surface area contributed by atoms with Crippen LogP contribution in [0.4, 0.5) is 4.39 Å². The minimum Gasteiger partial charge on any atom is -0.253 e. The second-order valence-corrected chi connectivity index (χ2v) is 6.26. The SMILES string of the molecule is Fc1ccccc1C(CBr)(CBr)Cc1cncs1. The first-order valence-electron chi connectivity index (χ1n) is 5.46. The van der Waals surface area contributed by atoms with Crippen molar-refractivity contribution in [3.8, 4) is 0 Å². The van der Waals surface area contributed by atoms with Crippen LogP contribution in [0.15, 0.2) is 36.0 Å². The number of alkyl halides is 2. The zero-order chi connectivity index (χ0) is 13.0. The summed E-state index contributed by atoms with van der Waals surface area (Å²) in [5.41, 5.74) is 2.27. The molecule has 0 aliphatic carbocycles. The van der Waals surface area contributed by atoms with Crippen molar-refractivity contribution in [2.45, 2.75) is 11.8 Å². The molecule has 0 fully saturated rings. The molecule has 0 N–H and O–H groups in total. The van der Waals surface area contributed by atoms with Crippen LogP contribution in [-0.4, -0.2) is 15.6 Å². The molecule has 2 aromatic rings. The van der Waals surface area contributed by atoms with Crippen LogP contribution in [-0.2, 0) is 11.8 Å². The number of hydrogen-bond acceptors (Lipinski definition) is 2. The maximum atomic E-state index is 14.0. The molecule has 0 amide bonds. The Morgan fingerprint density at radius 3 is 2.50 bits per heavy atom. The third kappa shape index (κ3) is 2.83. The average molecular weight is 393 g/mol. The molecule has 1 aromatic heterocycles. The summed E-state index contributed by atoms with van der Waals surface area (Å²) in [5, 5.41) is 1.40. The lowest BCUT2D eigenvalue weighted by Gasteiger charge is -2.30. The van der Waals surface area contributed by atoms with Crippen LogP contribution in [0, 0.1) is 5.82 Å². The number of nitrogens with zero attached hydrogens (tertiary/aromatic N) is 1. The van der Waals surface area contributed by atoms with Gasteiger partial charge in [-0.25, -0.2) is 4.39 Å². The fourth-order valence-corrected chi connectivity index (χ4v) is 4.59. The van der Waals surface area contributed by atoms with Gasteiger partial charge >= 0.3 is 0 Å². The van der Waals surface area contributed by atoms with E-state index < -0.39 is 0 Å².